The van der Waals surface area contributed by atoms with Gasteiger partial charge in [0.05, 0.1) is 10.6 Å². The minimum atomic E-state index is -3.42. The Morgan fingerprint density at radius 3 is 2.63 bits per heavy atom. The summed E-state index contributed by atoms with van der Waals surface area (Å²) in [5.41, 5.74) is 8.00. The highest BCUT2D eigenvalue weighted by atomic mass is 32.2. The number of carbonyl (C=O) groups excluding carboxylic acids is 1. The number of benzene rings is 2. The lowest BCUT2D eigenvalue weighted by molar-refractivity contribution is -0.136. The molecule has 9 nitrogen and oxygen atoms in total. The standard InChI is InChI=1S/C24H26N4O5S2/c1-15(2)18-10-5-6-11-20(18)26-21(13-19(25)24(29)32-14-34-3)23-28-27-22(33-23)16-8-7-9-17(12-16)35(4,30)31/h5-13,15H,14,25H2,1-4H3/b19-13-,26-21?. The first-order valence-corrected chi connectivity index (χ1v) is 13.8. The zero-order valence-electron chi connectivity index (χ0n) is 19.8. The van der Waals surface area contributed by atoms with Gasteiger partial charge in [0, 0.05) is 11.8 Å². The Kier molecular flexibility index (Phi) is 8.47. The molecule has 0 aliphatic heterocycles. The van der Waals surface area contributed by atoms with Crippen molar-refractivity contribution in [2.24, 2.45) is 10.7 Å². The zero-order chi connectivity index (χ0) is 25.6. The van der Waals surface area contributed by atoms with Gasteiger partial charge in [-0.1, -0.05) is 38.1 Å². The van der Waals surface area contributed by atoms with Gasteiger partial charge in [-0.25, -0.2) is 18.2 Å². The van der Waals surface area contributed by atoms with Crippen LogP contribution in [0.2, 0.25) is 0 Å². The van der Waals surface area contributed by atoms with Crippen LogP contribution in [0.4, 0.5) is 5.69 Å². The van der Waals surface area contributed by atoms with Crippen molar-refractivity contribution in [3.63, 3.8) is 0 Å². The SMILES string of the molecule is CSCOC(=O)/C(N)=C/C(=Nc1ccccc1C(C)C)c1nnc(-c2cccc(S(C)(=O)=O)c2)o1. The number of rotatable bonds is 9. The van der Waals surface area contributed by atoms with Crippen LogP contribution in [0.1, 0.15) is 31.2 Å². The summed E-state index contributed by atoms with van der Waals surface area (Å²) in [6.45, 7) is 4.08. The first-order valence-electron chi connectivity index (χ1n) is 10.6. The molecule has 184 valence electrons. The molecule has 3 aromatic rings. The van der Waals surface area contributed by atoms with Crippen molar-refractivity contribution in [1.29, 1.82) is 0 Å². The summed E-state index contributed by atoms with van der Waals surface area (Å²) in [6.07, 6.45) is 4.23. The third-order valence-corrected chi connectivity index (χ3v) is 6.25. The maximum Gasteiger partial charge on any atom is 0.355 e. The van der Waals surface area contributed by atoms with Crippen LogP contribution in [0.15, 0.2) is 74.6 Å². The van der Waals surface area contributed by atoms with Crippen LogP contribution in [0.3, 0.4) is 0 Å². The van der Waals surface area contributed by atoms with E-state index in [-0.39, 0.29) is 39.9 Å². The van der Waals surface area contributed by atoms with Crippen LogP contribution < -0.4 is 5.73 Å². The van der Waals surface area contributed by atoms with Crippen LogP contribution in [-0.2, 0) is 19.4 Å². The number of thioether (sulfide) groups is 1. The molecule has 0 saturated carbocycles. The number of nitrogens with two attached hydrogens (primary N) is 1. The number of aliphatic imine (C=N–C) groups is 1. The Morgan fingerprint density at radius 1 is 1.20 bits per heavy atom. The van der Waals surface area contributed by atoms with Crippen molar-refractivity contribution in [1.82, 2.24) is 10.2 Å². The highest BCUT2D eigenvalue weighted by Gasteiger charge is 2.18. The lowest BCUT2D eigenvalue weighted by Crippen LogP contribution is -2.16. The van der Waals surface area contributed by atoms with Gasteiger partial charge in [0.1, 0.15) is 17.3 Å². The van der Waals surface area contributed by atoms with E-state index in [2.05, 4.69) is 15.2 Å². The molecule has 2 N–H and O–H groups in total. The average molecular weight is 515 g/mol. The summed E-state index contributed by atoms with van der Waals surface area (Å²) in [7, 11) is -3.42. The van der Waals surface area contributed by atoms with Crippen LogP contribution in [-0.4, -0.2) is 48.7 Å². The van der Waals surface area contributed by atoms with E-state index >= 15 is 0 Å². The number of allylic oxidation sites excluding steroid dienone is 1. The lowest BCUT2D eigenvalue weighted by atomic mass is 10.0. The summed E-state index contributed by atoms with van der Waals surface area (Å²) in [4.78, 5) is 17.0. The van der Waals surface area contributed by atoms with E-state index in [1.807, 2.05) is 38.1 Å². The van der Waals surface area contributed by atoms with Crippen LogP contribution in [0.5, 0.6) is 0 Å². The van der Waals surface area contributed by atoms with E-state index in [9.17, 15) is 13.2 Å². The largest absolute Gasteiger partial charge is 0.450 e. The van der Waals surface area contributed by atoms with Gasteiger partial charge in [-0.15, -0.1) is 22.0 Å². The van der Waals surface area contributed by atoms with Gasteiger partial charge in [-0.05, 0) is 48.1 Å². The molecule has 0 saturated heterocycles. The number of carbonyl (C=O) groups is 1. The van der Waals surface area contributed by atoms with Crippen molar-refractivity contribution in [2.45, 2.75) is 24.7 Å². The molecular formula is C24H26N4O5S2. The molecule has 3 rings (SSSR count). The number of hydrogen-bond donors (Lipinski definition) is 1. The molecule has 1 heterocycles. The Labute approximate surface area is 208 Å². The van der Waals surface area contributed by atoms with Gasteiger partial charge in [0.25, 0.3) is 5.89 Å². The molecular weight excluding hydrogens is 488 g/mol. The normalized spacial score (nSPS) is 12.7. The Hall–Kier alpha value is -3.44. The smallest absolute Gasteiger partial charge is 0.355 e. The lowest BCUT2D eigenvalue weighted by Gasteiger charge is -2.09. The van der Waals surface area contributed by atoms with E-state index in [0.717, 1.165) is 11.8 Å². The van der Waals surface area contributed by atoms with Gasteiger partial charge in [0.2, 0.25) is 5.89 Å². The number of hydrogen-bond acceptors (Lipinski definition) is 10. The van der Waals surface area contributed by atoms with Crippen molar-refractivity contribution in [3.05, 3.63) is 71.8 Å². The highest BCUT2D eigenvalue weighted by Crippen LogP contribution is 2.28. The first-order chi connectivity index (χ1) is 16.6. The summed E-state index contributed by atoms with van der Waals surface area (Å²) in [6, 6.07) is 13.7. The molecule has 0 atom stereocenters. The van der Waals surface area contributed by atoms with E-state index < -0.39 is 15.8 Å². The average Bonchev–Trinajstić information content (AvgIpc) is 3.32. The number of nitrogens with zero attached hydrogens (tertiary/aromatic N) is 3. The summed E-state index contributed by atoms with van der Waals surface area (Å²) in [5, 5.41) is 8.13. The van der Waals surface area contributed by atoms with Gasteiger partial charge in [0.15, 0.2) is 9.84 Å². The van der Waals surface area contributed by atoms with E-state index in [4.69, 9.17) is 14.9 Å². The second kappa shape index (κ2) is 11.3. The maximum absolute atomic E-state index is 12.2. The number of esters is 1. The summed E-state index contributed by atoms with van der Waals surface area (Å²) >= 11 is 1.33. The van der Waals surface area contributed by atoms with Gasteiger partial charge in [-0.2, -0.15) is 0 Å². The molecule has 11 heteroatoms. The molecule has 0 spiro atoms. The molecule has 0 amide bonds. The fraction of sp³-hybridized carbons (Fsp3) is 0.250. The minimum Gasteiger partial charge on any atom is -0.450 e. The molecule has 0 aliphatic rings. The number of sulfone groups is 1. The minimum absolute atomic E-state index is 0.00364. The van der Waals surface area contributed by atoms with Crippen LogP contribution >= 0.6 is 11.8 Å². The molecule has 0 radical (unpaired) electrons. The van der Waals surface area contributed by atoms with Crippen molar-refractivity contribution in [2.75, 3.05) is 18.5 Å². The van der Waals surface area contributed by atoms with E-state index in [1.165, 1.54) is 30.0 Å². The van der Waals surface area contributed by atoms with Gasteiger partial charge >= 0.3 is 5.97 Å². The molecule has 0 aliphatic carbocycles. The van der Waals surface area contributed by atoms with Crippen molar-refractivity contribution < 1.29 is 22.4 Å². The van der Waals surface area contributed by atoms with E-state index in [1.54, 1.807) is 18.4 Å². The topological polar surface area (TPSA) is 138 Å². The molecule has 1 aromatic heterocycles. The Balaban J connectivity index is 2.09. The number of ether oxygens (including phenoxy) is 1. The number of para-hydroxylation sites is 1. The van der Waals surface area contributed by atoms with Crippen LogP contribution in [0.25, 0.3) is 11.5 Å². The fourth-order valence-corrected chi connectivity index (χ4v) is 3.95. The quantitative estimate of drug-likeness (QED) is 0.194. The van der Waals surface area contributed by atoms with Gasteiger partial charge in [-0.3, -0.25) is 0 Å². The Morgan fingerprint density at radius 2 is 1.94 bits per heavy atom. The predicted molar refractivity (Wildman–Crippen MR) is 136 cm³/mol. The maximum atomic E-state index is 12.2. The fourth-order valence-electron chi connectivity index (χ4n) is 3.05. The predicted octanol–water partition coefficient (Wildman–Crippen LogP) is 4.09. The van der Waals surface area contributed by atoms with Gasteiger partial charge < -0.3 is 14.9 Å². The molecule has 2 aromatic carbocycles. The highest BCUT2D eigenvalue weighted by molar-refractivity contribution is 7.98. The molecule has 0 bridgehead atoms. The second-order valence-electron chi connectivity index (χ2n) is 7.86. The number of aromatic nitrogens is 2. The molecule has 0 unspecified atom stereocenters. The van der Waals surface area contributed by atoms with E-state index in [0.29, 0.717) is 11.3 Å². The summed E-state index contributed by atoms with van der Waals surface area (Å²) < 4.78 is 34.8. The van der Waals surface area contributed by atoms with Crippen molar-refractivity contribution >= 4 is 39.0 Å². The first kappa shape index (κ1) is 26.2. The monoisotopic (exact) mass is 514 g/mol. The zero-order valence-corrected chi connectivity index (χ0v) is 21.4. The molecule has 35 heavy (non-hydrogen) atoms. The Bertz CT molecular complexity index is 1380. The second-order valence-corrected chi connectivity index (χ2v) is 10.7. The van der Waals surface area contributed by atoms with Crippen molar-refractivity contribution in [3.8, 4) is 11.5 Å². The molecule has 0 fully saturated rings. The third-order valence-electron chi connectivity index (χ3n) is 4.79. The summed E-state index contributed by atoms with van der Waals surface area (Å²) in [5.74, 6) is -0.278. The third kappa shape index (κ3) is 6.80. The van der Waals surface area contributed by atoms with Crippen LogP contribution in [0, 0.1) is 0 Å².